The monoisotopic (exact) mass is 199 g/mol. The van der Waals surface area contributed by atoms with E-state index in [0.717, 1.165) is 16.6 Å². The lowest BCUT2D eigenvalue weighted by molar-refractivity contribution is 1.09. The fourth-order valence-corrected chi connectivity index (χ4v) is 1.43. The fraction of sp³-hybridized carbons (Fsp3) is 0.143. The molecule has 2 heterocycles. The third kappa shape index (κ3) is 1.07. The maximum atomic E-state index is 5.81. The van der Waals surface area contributed by atoms with Gasteiger partial charge in [-0.25, -0.2) is 9.97 Å². The summed E-state index contributed by atoms with van der Waals surface area (Å²) in [6.45, 7) is 1.89. The van der Waals surface area contributed by atoms with Crippen LogP contribution in [0.4, 0.5) is 0 Å². The highest BCUT2D eigenvalue weighted by molar-refractivity contribution is 7.80. The number of halogens is 1. The van der Waals surface area contributed by atoms with E-state index >= 15 is 0 Å². The lowest BCUT2D eigenvalue weighted by Crippen LogP contribution is -1.82. The molecule has 0 radical (unpaired) electrons. The summed E-state index contributed by atoms with van der Waals surface area (Å²) >= 11 is 9.90. The minimum Gasteiger partial charge on any atom is -0.333 e. The Labute approximate surface area is 79.6 Å². The van der Waals surface area contributed by atoms with Gasteiger partial charge in [-0.05, 0) is 6.92 Å². The van der Waals surface area contributed by atoms with Gasteiger partial charge in [0, 0.05) is 5.56 Å². The molecule has 0 fully saturated rings. The van der Waals surface area contributed by atoms with Crippen LogP contribution >= 0.6 is 24.2 Å². The normalized spacial score (nSPS) is 10.9. The molecule has 0 atom stereocenters. The van der Waals surface area contributed by atoms with Crippen molar-refractivity contribution >= 4 is 35.3 Å². The van der Waals surface area contributed by atoms with Crippen molar-refractivity contribution in [1.29, 1.82) is 0 Å². The van der Waals surface area contributed by atoms with Crippen LogP contribution in [0.5, 0.6) is 0 Å². The summed E-state index contributed by atoms with van der Waals surface area (Å²) in [6, 6.07) is 0. The van der Waals surface area contributed by atoms with E-state index in [9.17, 15) is 0 Å². The van der Waals surface area contributed by atoms with Crippen molar-refractivity contribution in [3.8, 4) is 0 Å². The molecule has 0 aliphatic heterocycles. The first-order valence-corrected chi connectivity index (χ1v) is 4.21. The summed E-state index contributed by atoms with van der Waals surface area (Å²) in [5.41, 5.74) is 2.60. The molecule has 2 rings (SSSR count). The van der Waals surface area contributed by atoms with Crippen molar-refractivity contribution in [3.63, 3.8) is 0 Å². The van der Waals surface area contributed by atoms with Gasteiger partial charge in [-0.2, -0.15) is 0 Å². The van der Waals surface area contributed by atoms with E-state index in [4.69, 9.17) is 11.6 Å². The topological polar surface area (TPSA) is 41.6 Å². The standard InChI is InChI=1S/C7H6ClN3S/c1-3-5-4(2-9-6(3)8)10-7(12)11-5/h2H,1H3,(H2,10,11,12). The van der Waals surface area contributed by atoms with Gasteiger partial charge in [0.2, 0.25) is 0 Å². The number of H-pyrrole nitrogens is 1. The van der Waals surface area contributed by atoms with Gasteiger partial charge < -0.3 is 4.98 Å². The lowest BCUT2D eigenvalue weighted by atomic mass is 10.3. The number of aryl methyl sites for hydroxylation is 1. The Morgan fingerprint density at radius 2 is 2.33 bits per heavy atom. The van der Waals surface area contributed by atoms with E-state index in [-0.39, 0.29) is 0 Å². The number of aromatic amines is 1. The maximum Gasteiger partial charge on any atom is 0.163 e. The number of fused-ring (bicyclic) bond motifs is 1. The lowest BCUT2D eigenvalue weighted by Gasteiger charge is -1.95. The number of nitrogens with zero attached hydrogens (tertiary/aromatic N) is 2. The molecule has 2 aromatic heterocycles. The van der Waals surface area contributed by atoms with E-state index in [0.29, 0.717) is 10.3 Å². The first kappa shape index (κ1) is 7.89. The first-order valence-electron chi connectivity index (χ1n) is 3.38. The van der Waals surface area contributed by atoms with Gasteiger partial charge in [-0.3, -0.25) is 0 Å². The highest BCUT2D eigenvalue weighted by Crippen LogP contribution is 2.21. The summed E-state index contributed by atoms with van der Waals surface area (Å²) in [4.78, 5) is 11.1. The van der Waals surface area contributed by atoms with E-state index < -0.39 is 0 Å². The second-order valence-electron chi connectivity index (χ2n) is 2.49. The molecule has 12 heavy (non-hydrogen) atoms. The van der Waals surface area contributed by atoms with Crippen LogP contribution in [0.15, 0.2) is 11.4 Å². The molecule has 0 aliphatic rings. The number of imidazole rings is 1. The van der Waals surface area contributed by atoms with Crippen LogP contribution < -0.4 is 0 Å². The molecular weight excluding hydrogens is 194 g/mol. The highest BCUT2D eigenvalue weighted by Gasteiger charge is 2.05. The van der Waals surface area contributed by atoms with E-state index in [1.165, 1.54) is 0 Å². The van der Waals surface area contributed by atoms with Crippen LogP contribution in [-0.4, -0.2) is 15.0 Å². The van der Waals surface area contributed by atoms with Gasteiger partial charge in [0.1, 0.15) is 10.7 Å². The first-order chi connectivity index (χ1) is 5.68. The second kappa shape index (κ2) is 2.64. The van der Waals surface area contributed by atoms with Gasteiger partial charge >= 0.3 is 0 Å². The number of rotatable bonds is 0. The van der Waals surface area contributed by atoms with E-state index in [1.54, 1.807) is 6.20 Å². The zero-order valence-electron chi connectivity index (χ0n) is 6.30. The summed E-state index contributed by atoms with van der Waals surface area (Å²) in [5.74, 6) is 0. The molecule has 0 amide bonds. The summed E-state index contributed by atoms with van der Waals surface area (Å²) in [5, 5.41) is 1.08. The molecule has 0 spiro atoms. The Bertz CT molecular complexity index is 437. The molecule has 3 nitrogen and oxygen atoms in total. The molecular formula is C7H6ClN3S. The molecule has 0 aromatic carbocycles. The van der Waals surface area contributed by atoms with Crippen molar-refractivity contribution in [1.82, 2.24) is 15.0 Å². The number of thiol groups is 1. The highest BCUT2D eigenvalue weighted by atomic mass is 35.5. The zero-order chi connectivity index (χ0) is 8.72. The molecule has 0 aliphatic carbocycles. The van der Waals surface area contributed by atoms with Gasteiger partial charge in [-0.15, -0.1) is 12.6 Å². The van der Waals surface area contributed by atoms with Crippen LogP contribution in [-0.2, 0) is 0 Å². The molecule has 0 bridgehead atoms. The summed E-state index contributed by atoms with van der Waals surface area (Å²) in [7, 11) is 0. The Morgan fingerprint density at radius 3 is 3.08 bits per heavy atom. The number of aromatic nitrogens is 3. The maximum absolute atomic E-state index is 5.81. The Balaban J connectivity index is 2.89. The second-order valence-corrected chi connectivity index (χ2v) is 3.28. The van der Waals surface area contributed by atoms with Crippen LogP contribution in [0.25, 0.3) is 11.0 Å². The number of hydrogen-bond acceptors (Lipinski definition) is 3. The van der Waals surface area contributed by atoms with E-state index in [1.807, 2.05) is 6.92 Å². The molecule has 0 saturated carbocycles. The predicted octanol–water partition coefficient (Wildman–Crippen LogP) is 2.21. The van der Waals surface area contributed by atoms with Crippen molar-refractivity contribution in [2.45, 2.75) is 12.1 Å². The molecule has 62 valence electrons. The van der Waals surface area contributed by atoms with Crippen molar-refractivity contribution in [2.75, 3.05) is 0 Å². The fourth-order valence-electron chi connectivity index (χ4n) is 1.07. The van der Waals surface area contributed by atoms with E-state index in [2.05, 4.69) is 27.6 Å². The third-order valence-electron chi connectivity index (χ3n) is 1.70. The number of nitrogens with one attached hydrogen (secondary N) is 1. The minimum atomic E-state index is 0.500. The zero-order valence-corrected chi connectivity index (χ0v) is 7.95. The minimum absolute atomic E-state index is 0.500. The third-order valence-corrected chi connectivity index (χ3v) is 2.30. The Kier molecular flexibility index (Phi) is 1.73. The van der Waals surface area contributed by atoms with Crippen molar-refractivity contribution in [2.24, 2.45) is 0 Å². The predicted molar refractivity (Wildman–Crippen MR) is 50.9 cm³/mol. The molecule has 0 unspecified atom stereocenters. The average molecular weight is 200 g/mol. The quantitative estimate of drug-likeness (QED) is 0.505. The number of pyridine rings is 1. The number of hydrogen-bond donors (Lipinski definition) is 2. The van der Waals surface area contributed by atoms with Crippen LogP contribution in [0.3, 0.4) is 0 Å². The smallest absolute Gasteiger partial charge is 0.163 e. The molecule has 5 heteroatoms. The van der Waals surface area contributed by atoms with Gasteiger partial charge in [0.25, 0.3) is 0 Å². The average Bonchev–Trinajstić information content (AvgIpc) is 2.39. The summed E-state index contributed by atoms with van der Waals surface area (Å²) < 4.78 is 0. The van der Waals surface area contributed by atoms with Gasteiger partial charge in [-0.1, -0.05) is 11.6 Å². The van der Waals surface area contributed by atoms with Gasteiger partial charge in [0.15, 0.2) is 5.16 Å². The molecule has 1 N–H and O–H groups in total. The van der Waals surface area contributed by atoms with Gasteiger partial charge in [0.05, 0.1) is 11.7 Å². The van der Waals surface area contributed by atoms with Crippen molar-refractivity contribution in [3.05, 3.63) is 16.9 Å². The van der Waals surface area contributed by atoms with Crippen molar-refractivity contribution < 1.29 is 0 Å². The SMILES string of the molecule is Cc1c(Cl)ncc2nc(S)[nH]c12. The molecule has 2 aromatic rings. The Hall–Kier alpha value is -0.740. The van der Waals surface area contributed by atoms with Crippen LogP contribution in [0.1, 0.15) is 5.56 Å². The summed E-state index contributed by atoms with van der Waals surface area (Å²) in [6.07, 6.45) is 1.63. The molecule has 0 saturated heterocycles. The largest absolute Gasteiger partial charge is 0.333 e. The van der Waals surface area contributed by atoms with Crippen LogP contribution in [0.2, 0.25) is 5.15 Å². The Morgan fingerprint density at radius 1 is 1.58 bits per heavy atom. The van der Waals surface area contributed by atoms with Crippen LogP contribution in [0, 0.1) is 6.92 Å².